The molecule has 0 heterocycles. The predicted molar refractivity (Wildman–Crippen MR) is 91.1 cm³/mol. The van der Waals surface area contributed by atoms with Gasteiger partial charge in [0.05, 0.1) is 31.2 Å². The Balaban J connectivity index is 2.41. The first-order valence-electron chi connectivity index (χ1n) is 6.26. The normalized spacial score (nSPS) is 10.4. The fourth-order valence-corrected chi connectivity index (χ4v) is 2.93. The quantitative estimate of drug-likeness (QED) is 0.572. The summed E-state index contributed by atoms with van der Waals surface area (Å²) in [4.78, 5) is 23.8. The standard InChI is InChI=1S/C15H9Cl4NO3/c16-10-8(9(15(22)23)11(17)13(19)12(10)18)14(21)20-6-7-4-2-1-3-5-7/h1-5H,6H2,(H,20,21)(H,22,23). The van der Waals surface area contributed by atoms with E-state index in [1.54, 1.807) is 0 Å². The lowest BCUT2D eigenvalue weighted by atomic mass is 10.1. The molecule has 0 aliphatic rings. The highest BCUT2D eigenvalue weighted by Crippen LogP contribution is 2.41. The summed E-state index contributed by atoms with van der Waals surface area (Å²) in [5.74, 6) is -2.14. The van der Waals surface area contributed by atoms with Gasteiger partial charge in [-0.3, -0.25) is 4.79 Å². The summed E-state index contributed by atoms with van der Waals surface area (Å²) >= 11 is 23.6. The van der Waals surface area contributed by atoms with Gasteiger partial charge >= 0.3 is 5.97 Å². The number of carbonyl (C=O) groups excluding carboxylic acids is 1. The van der Waals surface area contributed by atoms with Gasteiger partial charge in [-0.15, -0.1) is 0 Å². The van der Waals surface area contributed by atoms with E-state index in [4.69, 9.17) is 46.4 Å². The second kappa shape index (κ2) is 7.41. The maximum atomic E-state index is 12.4. The number of carboxylic acids is 1. The third-order valence-corrected chi connectivity index (χ3v) is 4.81. The number of hydrogen-bond acceptors (Lipinski definition) is 2. The molecule has 0 unspecified atom stereocenters. The molecule has 0 saturated carbocycles. The number of benzene rings is 2. The molecule has 120 valence electrons. The van der Waals surface area contributed by atoms with Gasteiger partial charge in [0.15, 0.2) is 0 Å². The zero-order chi connectivity index (χ0) is 17.1. The van der Waals surface area contributed by atoms with E-state index >= 15 is 0 Å². The molecule has 2 aromatic rings. The minimum atomic E-state index is -1.43. The second-order valence-corrected chi connectivity index (χ2v) is 5.99. The molecule has 0 aliphatic heterocycles. The van der Waals surface area contributed by atoms with Crippen LogP contribution in [-0.4, -0.2) is 17.0 Å². The van der Waals surface area contributed by atoms with Crippen molar-refractivity contribution >= 4 is 58.3 Å². The molecule has 4 nitrogen and oxygen atoms in total. The smallest absolute Gasteiger partial charge is 0.338 e. The van der Waals surface area contributed by atoms with Crippen molar-refractivity contribution in [3.63, 3.8) is 0 Å². The number of rotatable bonds is 4. The molecule has 0 aromatic heterocycles. The number of aromatic carboxylic acids is 1. The van der Waals surface area contributed by atoms with Crippen molar-refractivity contribution in [2.75, 3.05) is 0 Å². The van der Waals surface area contributed by atoms with E-state index in [0.717, 1.165) is 5.56 Å². The summed E-state index contributed by atoms with van der Waals surface area (Å²) in [6.07, 6.45) is 0. The molecular formula is C15H9Cl4NO3. The van der Waals surface area contributed by atoms with Gasteiger partial charge in [-0.25, -0.2) is 4.79 Å². The summed E-state index contributed by atoms with van der Waals surface area (Å²) in [6, 6.07) is 9.08. The molecule has 0 bridgehead atoms. The maximum absolute atomic E-state index is 12.4. The Morgan fingerprint density at radius 3 is 1.91 bits per heavy atom. The van der Waals surface area contributed by atoms with E-state index in [1.807, 2.05) is 30.3 Å². The molecule has 0 radical (unpaired) electrons. The fraction of sp³-hybridized carbons (Fsp3) is 0.0667. The molecular weight excluding hydrogens is 384 g/mol. The zero-order valence-corrected chi connectivity index (χ0v) is 14.4. The Kier molecular flexibility index (Phi) is 5.76. The highest BCUT2D eigenvalue weighted by molar-refractivity contribution is 6.54. The number of hydrogen-bond donors (Lipinski definition) is 2. The molecule has 0 aliphatic carbocycles. The van der Waals surface area contributed by atoms with Crippen LogP contribution in [0.3, 0.4) is 0 Å². The van der Waals surface area contributed by atoms with Gasteiger partial charge in [0, 0.05) is 6.54 Å². The van der Waals surface area contributed by atoms with Crippen LogP contribution < -0.4 is 5.32 Å². The number of halogens is 4. The van der Waals surface area contributed by atoms with Crippen LogP contribution in [-0.2, 0) is 6.54 Å². The monoisotopic (exact) mass is 391 g/mol. The molecule has 0 fully saturated rings. The molecule has 1 amide bonds. The van der Waals surface area contributed by atoms with Crippen molar-refractivity contribution in [3.8, 4) is 0 Å². The third-order valence-electron chi connectivity index (χ3n) is 3.00. The molecule has 0 atom stereocenters. The van der Waals surface area contributed by atoms with Gasteiger partial charge in [-0.05, 0) is 5.56 Å². The van der Waals surface area contributed by atoms with E-state index in [2.05, 4.69) is 5.32 Å². The van der Waals surface area contributed by atoms with Gasteiger partial charge in [-0.2, -0.15) is 0 Å². The number of carboxylic acid groups (broad SMARTS) is 1. The number of nitrogens with one attached hydrogen (secondary N) is 1. The van der Waals surface area contributed by atoms with Crippen molar-refractivity contribution in [2.24, 2.45) is 0 Å². The molecule has 8 heteroatoms. The minimum absolute atomic E-state index is 0.173. The Labute approximate surface area is 151 Å². The highest BCUT2D eigenvalue weighted by atomic mass is 35.5. The van der Waals surface area contributed by atoms with Gasteiger partial charge in [-0.1, -0.05) is 76.7 Å². The molecule has 2 rings (SSSR count). The Morgan fingerprint density at radius 2 is 1.39 bits per heavy atom. The van der Waals surface area contributed by atoms with Crippen LogP contribution in [0.25, 0.3) is 0 Å². The maximum Gasteiger partial charge on any atom is 0.338 e. The topological polar surface area (TPSA) is 66.4 Å². The lowest BCUT2D eigenvalue weighted by Gasteiger charge is -2.14. The SMILES string of the molecule is O=C(O)c1c(Cl)c(Cl)c(Cl)c(Cl)c1C(=O)NCc1ccccc1. The Morgan fingerprint density at radius 1 is 0.870 bits per heavy atom. The summed E-state index contributed by atoms with van der Waals surface area (Å²) in [7, 11) is 0. The Hall–Kier alpha value is -1.46. The van der Waals surface area contributed by atoms with Crippen LogP contribution in [0.1, 0.15) is 26.3 Å². The first kappa shape index (κ1) is 17.9. The van der Waals surface area contributed by atoms with E-state index < -0.39 is 17.4 Å². The van der Waals surface area contributed by atoms with Gasteiger partial charge < -0.3 is 10.4 Å². The zero-order valence-electron chi connectivity index (χ0n) is 11.4. The van der Waals surface area contributed by atoms with E-state index in [0.29, 0.717) is 0 Å². The Bertz CT molecular complexity index is 778. The average Bonchev–Trinajstić information content (AvgIpc) is 2.54. The first-order chi connectivity index (χ1) is 10.8. The fourth-order valence-electron chi connectivity index (χ4n) is 1.91. The van der Waals surface area contributed by atoms with Crippen LogP contribution >= 0.6 is 46.4 Å². The molecule has 23 heavy (non-hydrogen) atoms. The molecule has 0 spiro atoms. The highest BCUT2D eigenvalue weighted by Gasteiger charge is 2.28. The van der Waals surface area contributed by atoms with Crippen molar-refractivity contribution in [3.05, 3.63) is 67.1 Å². The van der Waals surface area contributed by atoms with Crippen LogP contribution in [0.15, 0.2) is 30.3 Å². The van der Waals surface area contributed by atoms with E-state index in [1.165, 1.54) is 0 Å². The predicted octanol–water partition coefficient (Wildman–Crippen LogP) is 4.93. The van der Waals surface area contributed by atoms with Gasteiger partial charge in [0.2, 0.25) is 0 Å². The van der Waals surface area contributed by atoms with Crippen LogP contribution in [0.2, 0.25) is 20.1 Å². The second-order valence-electron chi connectivity index (χ2n) is 4.48. The first-order valence-corrected chi connectivity index (χ1v) is 7.77. The van der Waals surface area contributed by atoms with E-state index in [-0.39, 0.29) is 32.2 Å². The molecule has 2 N–H and O–H groups in total. The lowest BCUT2D eigenvalue weighted by Crippen LogP contribution is -2.25. The van der Waals surface area contributed by atoms with Crippen molar-refractivity contribution in [1.82, 2.24) is 5.32 Å². The van der Waals surface area contributed by atoms with Crippen LogP contribution in [0, 0.1) is 0 Å². The van der Waals surface area contributed by atoms with Crippen molar-refractivity contribution < 1.29 is 14.7 Å². The van der Waals surface area contributed by atoms with Gasteiger partial charge in [0.1, 0.15) is 0 Å². The van der Waals surface area contributed by atoms with E-state index in [9.17, 15) is 14.7 Å². The number of carbonyl (C=O) groups is 2. The summed E-state index contributed by atoms with van der Waals surface area (Å²) < 4.78 is 0. The van der Waals surface area contributed by atoms with Crippen molar-refractivity contribution in [2.45, 2.75) is 6.54 Å². The van der Waals surface area contributed by atoms with Gasteiger partial charge in [0.25, 0.3) is 5.91 Å². The summed E-state index contributed by atoms with van der Waals surface area (Å²) in [5, 5.41) is 10.9. The van der Waals surface area contributed by atoms with Crippen LogP contribution in [0.5, 0.6) is 0 Å². The lowest BCUT2D eigenvalue weighted by molar-refractivity contribution is 0.0691. The molecule has 0 saturated heterocycles. The minimum Gasteiger partial charge on any atom is -0.478 e. The summed E-state index contributed by atoms with van der Waals surface area (Å²) in [5.41, 5.74) is 0.0196. The average molecular weight is 393 g/mol. The molecule has 2 aromatic carbocycles. The summed E-state index contributed by atoms with van der Waals surface area (Å²) in [6.45, 7) is 0.187. The number of amides is 1. The third kappa shape index (κ3) is 3.72. The van der Waals surface area contributed by atoms with Crippen LogP contribution in [0.4, 0.5) is 0 Å². The van der Waals surface area contributed by atoms with Crippen molar-refractivity contribution in [1.29, 1.82) is 0 Å². The largest absolute Gasteiger partial charge is 0.478 e.